The molecule has 0 amide bonds. The summed E-state index contributed by atoms with van der Waals surface area (Å²) in [7, 11) is 2.23. The molecule has 0 N–H and O–H groups in total. The third kappa shape index (κ3) is 3.47. The van der Waals surface area contributed by atoms with Crippen molar-refractivity contribution in [3.05, 3.63) is 29.3 Å². The summed E-state index contributed by atoms with van der Waals surface area (Å²) >= 11 is 4.65. The Balaban J connectivity index is 2.12. The van der Waals surface area contributed by atoms with Gasteiger partial charge in [0, 0.05) is 19.3 Å². The number of anilines is 1. The maximum atomic E-state index is 4.65. The summed E-state index contributed by atoms with van der Waals surface area (Å²) in [5.41, 5.74) is 4.52. The average molecular weight is 277 g/mol. The second-order valence-electron chi connectivity index (χ2n) is 6.36. The van der Waals surface area contributed by atoms with E-state index in [9.17, 15) is 0 Å². The maximum Gasteiger partial charge on any atom is 0.0393 e. The maximum absolute atomic E-state index is 4.65. The highest BCUT2D eigenvalue weighted by atomic mass is 32.1. The minimum absolute atomic E-state index is 0.424. The van der Waals surface area contributed by atoms with Gasteiger partial charge in [-0.25, -0.2) is 0 Å². The molecule has 0 aliphatic heterocycles. The van der Waals surface area contributed by atoms with Crippen LogP contribution in [0, 0.1) is 19.3 Å². The van der Waals surface area contributed by atoms with Crippen LogP contribution < -0.4 is 4.90 Å². The van der Waals surface area contributed by atoms with Gasteiger partial charge in [-0.15, -0.1) is 0 Å². The number of thiol groups is 1. The molecule has 0 unspecified atom stereocenters. The minimum atomic E-state index is 0.424. The van der Waals surface area contributed by atoms with Crippen LogP contribution in [0.2, 0.25) is 0 Å². The lowest BCUT2D eigenvalue weighted by Gasteiger charge is -2.40. The third-order valence-electron chi connectivity index (χ3n) is 4.59. The van der Waals surface area contributed by atoms with E-state index in [4.69, 9.17) is 0 Å². The molecule has 1 aromatic carbocycles. The van der Waals surface area contributed by atoms with Gasteiger partial charge >= 0.3 is 0 Å². The predicted octanol–water partition coefficient (Wildman–Crippen LogP) is 4.62. The zero-order valence-corrected chi connectivity index (χ0v) is 13.5. The van der Waals surface area contributed by atoms with Crippen LogP contribution in [0.4, 0.5) is 5.69 Å². The molecule has 0 heterocycles. The van der Waals surface area contributed by atoms with Gasteiger partial charge in [0.15, 0.2) is 0 Å². The number of hydrogen-bond donors (Lipinski definition) is 1. The molecule has 1 saturated carbocycles. The molecule has 2 rings (SSSR count). The van der Waals surface area contributed by atoms with Crippen LogP contribution in [0.5, 0.6) is 0 Å². The summed E-state index contributed by atoms with van der Waals surface area (Å²) in [6.07, 6.45) is 6.84. The van der Waals surface area contributed by atoms with E-state index in [1.165, 1.54) is 48.9 Å². The van der Waals surface area contributed by atoms with Gasteiger partial charge in [0.1, 0.15) is 0 Å². The van der Waals surface area contributed by atoms with Gasteiger partial charge in [-0.05, 0) is 49.5 Å². The van der Waals surface area contributed by atoms with Crippen molar-refractivity contribution in [2.75, 3.05) is 24.2 Å². The van der Waals surface area contributed by atoms with E-state index in [1.54, 1.807) is 0 Å². The van der Waals surface area contributed by atoms with E-state index in [-0.39, 0.29) is 0 Å². The first-order valence-electron chi connectivity index (χ1n) is 7.46. The Morgan fingerprint density at radius 2 is 1.84 bits per heavy atom. The zero-order valence-electron chi connectivity index (χ0n) is 12.6. The van der Waals surface area contributed by atoms with Gasteiger partial charge in [-0.2, -0.15) is 12.6 Å². The Morgan fingerprint density at radius 1 is 1.16 bits per heavy atom. The summed E-state index contributed by atoms with van der Waals surface area (Å²) in [5.74, 6) is 1.02. The van der Waals surface area contributed by atoms with Crippen LogP contribution >= 0.6 is 12.6 Å². The lowest BCUT2D eigenvalue weighted by molar-refractivity contribution is 0.230. The SMILES string of the molecule is Cc1ccc(N(C)CC2(CS)CCCCC2)c(C)c1. The highest BCUT2D eigenvalue weighted by Crippen LogP contribution is 2.38. The smallest absolute Gasteiger partial charge is 0.0393 e. The van der Waals surface area contributed by atoms with E-state index >= 15 is 0 Å². The van der Waals surface area contributed by atoms with Crippen molar-refractivity contribution in [3.63, 3.8) is 0 Å². The Labute approximate surface area is 123 Å². The second kappa shape index (κ2) is 6.21. The molecule has 1 aliphatic carbocycles. The monoisotopic (exact) mass is 277 g/mol. The molecule has 0 saturated heterocycles. The molecule has 1 aromatic rings. The van der Waals surface area contributed by atoms with Gasteiger partial charge in [0.25, 0.3) is 0 Å². The lowest BCUT2D eigenvalue weighted by atomic mass is 9.75. The van der Waals surface area contributed by atoms with Gasteiger partial charge in [0.05, 0.1) is 0 Å². The number of aryl methyl sites for hydroxylation is 2. The first-order valence-corrected chi connectivity index (χ1v) is 8.09. The summed E-state index contributed by atoms with van der Waals surface area (Å²) in [6.45, 7) is 5.51. The van der Waals surface area contributed by atoms with Crippen molar-refractivity contribution >= 4 is 18.3 Å². The van der Waals surface area contributed by atoms with Crippen molar-refractivity contribution < 1.29 is 0 Å². The van der Waals surface area contributed by atoms with E-state index in [1.807, 2.05) is 0 Å². The van der Waals surface area contributed by atoms with E-state index < -0.39 is 0 Å². The van der Waals surface area contributed by atoms with Crippen LogP contribution in [0.25, 0.3) is 0 Å². The zero-order chi connectivity index (χ0) is 13.9. The molecule has 106 valence electrons. The van der Waals surface area contributed by atoms with Gasteiger partial charge in [-0.3, -0.25) is 0 Å². The fourth-order valence-corrected chi connectivity index (χ4v) is 3.91. The predicted molar refractivity (Wildman–Crippen MR) is 88.6 cm³/mol. The molecule has 19 heavy (non-hydrogen) atoms. The van der Waals surface area contributed by atoms with Gasteiger partial charge < -0.3 is 4.90 Å². The summed E-state index contributed by atoms with van der Waals surface area (Å²) in [4.78, 5) is 2.44. The Hall–Kier alpha value is -0.630. The molecule has 0 spiro atoms. The van der Waals surface area contributed by atoms with Crippen molar-refractivity contribution in [1.82, 2.24) is 0 Å². The quantitative estimate of drug-likeness (QED) is 0.786. The largest absolute Gasteiger partial charge is 0.374 e. The number of hydrogen-bond acceptors (Lipinski definition) is 2. The molecule has 0 bridgehead atoms. The van der Waals surface area contributed by atoms with E-state index in [0.717, 1.165) is 12.3 Å². The van der Waals surface area contributed by atoms with Gasteiger partial charge in [0.2, 0.25) is 0 Å². The Morgan fingerprint density at radius 3 is 2.42 bits per heavy atom. The second-order valence-corrected chi connectivity index (χ2v) is 6.68. The minimum Gasteiger partial charge on any atom is -0.374 e. The molecule has 0 radical (unpaired) electrons. The molecular formula is C17H27NS. The molecular weight excluding hydrogens is 250 g/mol. The molecule has 0 atom stereocenters. The van der Waals surface area contributed by atoms with Crippen molar-refractivity contribution in [2.45, 2.75) is 46.0 Å². The van der Waals surface area contributed by atoms with Crippen molar-refractivity contribution in [3.8, 4) is 0 Å². The summed E-state index contributed by atoms with van der Waals surface area (Å²) in [6, 6.07) is 6.76. The summed E-state index contributed by atoms with van der Waals surface area (Å²) in [5, 5.41) is 0. The molecule has 0 aromatic heterocycles. The number of rotatable bonds is 4. The molecule has 1 aliphatic rings. The summed E-state index contributed by atoms with van der Waals surface area (Å²) < 4.78 is 0. The highest BCUT2D eigenvalue weighted by molar-refractivity contribution is 7.80. The topological polar surface area (TPSA) is 3.24 Å². The normalized spacial score (nSPS) is 18.3. The number of nitrogens with zero attached hydrogens (tertiary/aromatic N) is 1. The van der Waals surface area contributed by atoms with Crippen LogP contribution in [0.1, 0.15) is 43.2 Å². The van der Waals surface area contributed by atoms with Crippen molar-refractivity contribution in [1.29, 1.82) is 0 Å². The van der Waals surface area contributed by atoms with Crippen LogP contribution in [0.3, 0.4) is 0 Å². The van der Waals surface area contributed by atoms with Crippen molar-refractivity contribution in [2.24, 2.45) is 5.41 Å². The Kier molecular flexibility index (Phi) is 4.83. The fourth-order valence-electron chi connectivity index (χ4n) is 3.49. The molecule has 1 nitrogen and oxygen atoms in total. The average Bonchev–Trinajstić information content (AvgIpc) is 2.39. The first-order chi connectivity index (χ1) is 9.06. The number of benzene rings is 1. The van der Waals surface area contributed by atoms with Crippen LogP contribution in [0.15, 0.2) is 18.2 Å². The molecule has 2 heteroatoms. The van der Waals surface area contributed by atoms with Crippen LogP contribution in [-0.2, 0) is 0 Å². The lowest BCUT2D eigenvalue weighted by Crippen LogP contribution is -2.39. The van der Waals surface area contributed by atoms with Crippen LogP contribution in [-0.4, -0.2) is 19.3 Å². The third-order valence-corrected chi connectivity index (χ3v) is 5.26. The first kappa shape index (κ1) is 14.8. The van der Waals surface area contributed by atoms with Gasteiger partial charge in [-0.1, -0.05) is 37.0 Å². The van der Waals surface area contributed by atoms with E-state index in [2.05, 4.69) is 56.6 Å². The standard InChI is InChI=1S/C17H27NS/c1-14-7-8-16(15(2)11-14)18(3)12-17(13-19)9-5-4-6-10-17/h7-8,11,19H,4-6,9-10,12-13H2,1-3H3. The Bertz CT molecular complexity index is 421. The highest BCUT2D eigenvalue weighted by Gasteiger charge is 2.32. The van der Waals surface area contributed by atoms with E-state index in [0.29, 0.717) is 5.41 Å². The molecule has 1 fully saturated rings. The fraction of sp³-hybridized carbons (Fsp3) is 0.647.